The largest absolute Gasteiger partial charge is 0.482 e. The van der Waals surface area contributed by atoms with E-state index in [1.807, 2.05) is 13.2 Å². The lowest BCUT2D eigenvalue weighted by Crippen LogP contribution is -2.08. The molecular weight excluding hydrogens is 366 g/mol. The van der Waals surface area contributed by atoms with Crippen LogP contribution in [0.1, 0.15) is 18.6 Å². The number of nitrogens with zero attached hydrogens (tertiary/aromatic N) is 3. The van der Waals surface area contributed by atoms with Gasteiger partial charge in [0.1, 0.15) is 11.9 Å². The van der Waals surface area contributed by atoms with E-state index in [0.29, 0.717) is 16.3 Å². The van der Waals surface area contributed by atoms with E-state index in [9.17, 15) is 4.39 Å². The fourth-order valence-electron chi connectivity index (χ4n) is 2.44. The second kappa shape index (κ2) is 6.90. The molecule has 0 bridgehead atoms. The lowest BCUT2D eigenvalue weighted by Gasteiger charge is -2.19. The van der Waals surface area contributed by atoms with Gasteiger partial charge in [-0.25, -0.2) is 9.37 Å². The van der Waals surface area contributed by atoms with Gasteiger partial charge in [-0.05, 0) is 25.1 Å². The maximum Gasteiger partial charge on any atom is 0.166 e. The van der Waals surface area contributed by atoms with E-state index in [1.54, 1.807) is 30.1 Å². The summed E-state index contributed by atoms with van der Waals surface area (Å²) in [6, 6.07) is 4.39. The molecule has 0 spiro atoms. The molecule has 3 rings (SSSR count). The third-order valence-corrected chi connectivity index (χ3v) is 4.42. The standard InChI is InChI=1S/C17H15Cl2FN4O/c1-9(15-12(18)3-4-13(20)16(15)19)25-14-5-10(6-22-17(14)21)11-7-23-24(2)8-11/h3-9H,1-2H3,(H2,21,22)/t9-/m1/s1. The maximum atomic E-state index is 13.7. The summed E-state index contributed by atoms with van der Waals surface area (Å²) in [4.78, 5) is 4.15. The molecule has 1 aromatic carbocycles. The van der Waals surface area contributed by atoms with Gasteiger partial charge in [0.15, 0.2) is 11.6 Å². The molecule has 0 radical (unpaired) electrons. The van der Waals surface area contributed by atoms with Gasteiger partial charge in [0.2, 0.25) is 0 Å². The first-order valence-corrected chi connectivity index (χ1v) is 8.17. The van der Waals surface area contributed by atoms with E-state index >= 15 is 0 Å². The molecule has 0 aliphatic carbocycles. The first-order chi connectivity index (χ1) is 11.9. The maximum absolute atomic E-state index is 13.7. The van der Waals surface area contributed by atoms with Crippen LogP contribution in [0.5, 0.6) is 5.75 Å². The van der Waals surface area contributed by atoms with Crippen molar-refractivity contribution in [3.05, 3.63) is 58.2 Å². The summed E-state index contributed by atoms with van der Waals surface area (Å²) in [7, 11) is 1.82. The zero-order valence-corrected chi connectivity index (χ0v) is 15.0. The fraction of sp³-hybridized carbons (Fsp3) is 0.176. The van der Waals surface area contributed by atoms with Crippen molar-refractivity contribution in [2.45, 2.75) is 13.0 Å². The van der Waals surface area contributed by atoms with Crippen molar-refractivity contribution in [2.24, 2.45) is 7.05 Å². The molecule has 2 N–H and O–H groups in total. The topological polar surface area (TPSA) is 66.0 Å². The lowest BCUT2D eigenvalue weighted by atomic mass is 10.1. The van der Waals surface area contributed by atoms with E-state index in [2.05, 4.69) is 10.1 Å². The number of hydrogen-bond donors (Lipinski definition) is 1. The van der Waals surface area contributed by atoms with Crippen LogP contribution in [0, 0.1) is 5.82 Å². The zero-order valence-electron chi connectivity index (χ0n) is 13.5. The summed E-state index contributed by atoms with van der Waals surface area (Å²) < 4.78 is 21.3. The van der Waals surface area contributed by atoms with Gasteiger partial charge in [0.25, 0.3) is 0 Å². The van der Waals surface area contributed by atoms with Gasteiger partial charge in [-0.15, -0.1) is 0 Å². The molecule has 1 atom stereocenters. The molecule has 3 aromatic rings. The highest BCUT2D eigenvalue weighted by atomic mass is 35.5. The normalized spacial score (nSPS) is 12.2. The van der Waals surface area contributed by atoms with E-state index < -0.39 is 11.9 Å². The van der Waals surface area contributed by atoms with Crippen molar-refractivity contribution in [3.63, 3.8) is 0 Å². The molecule has 5 nitrogen and oxygen atoms in total. The van der Waals surface area contributed by atoms with E-state index in [-0.39, 0.29) is 10.8 Å². The summed E-state index contributed by atoms with van der Waals surface area (Å²) in [5.41, 5.74) is 7.93. The number of nitrogens with two attached hydrogens (primary N) is 1. The monoisotopic (exact) mass is 380 g/mol. The van der Waals surface area contributed by atoms with Crippen molar-refractivity contribution in [1.82, 2.24) is 14.8 Å². The number of pyridine rings is 1. The number of halogens is 3. The van der Waals surface area contributed by atoms with Crippen LogP contribution in [0.25, 0.3) is 11.1 Å². The molecule has 2 heterocycles. The molecule has 0 saturated heterocycles. The second-order valence-electron chi connectivity index (χ2n) is 5.53. The Labute approximate surface area is 154 Å². The minimum absolute atomic E-state index is 0.0741. The van der Waals surface area contributed by atoms with Crippen LogP contribution in [-0.4, -0.2) is 14.8 Å². The average molecular weight is 381 g/mol. The number of anilines is 1. The Kier molecular flexibility index (Phi) is 4.83. The summed E-state index contributed by atoms with van der Waals surface area (Å²) in [6.45, 7) is 1.71. The van der Waals surface area contributed by atoms with Gasteiger partial charge in [-0.1, -0.05) is 23.2 Å². The van der Waals surface area contributed by atoms with Crippen molar-refractivity contribution in [3.8, 4) is 16.9 Å². The molecule has 8 heteroatoms. The molecule has 0 unspecified atom stereocenters. The molecule has 0 aliphatic rings. The third kappa shape index (κ3) is 3.55. The highest BCUT2D eigenvalue weighted by Gasteiger charge is 2.20. The molecule has 0 saturated carbocycles. The molecule has 0 fully saturated rings. The van der Waals surface area contributed by atoms with Crippen LogP contribution in [-0.2, 0) is 7.05 Å². The van der Waals surface area contributed by atoms with Crippen LogP contribution < -0.4 is 10.5 Å². The Morgan fingerprint density at radius 1 is 1.24 bits per heavy atom. The molecule has 0 amide bonds. The number of benzene rings is 1. The van der Waals surface area contributed by atoms with E-state index in [4.69, 9.17) is 33.7 Å². The number of rotatable bonds is 4. The van der Waals surface area contributed by atoms with Gasteiger partial charge in [-0.3, -0.25) is 4.68 Å². The third-order valence-electron chi connectivity index (χ3n) is 3.71. The molecular formula is C17H15Cl2FN4O. The minimum Gasteiger partial charge on any atom is -0.482 e. The van der Waals surface area contributed by atoms with Crippen molar-refractivity contribution in [1.29, 1.82) is 0 Å². The first kappa shape index (κ1) is 17.5. The summed E-state index contributed by atoms with van der Waals surface area (Å²) in [5, 5.41) is 4.37. The average Bonchev–Trinajstić information content (AvgIpc) is 3.00. The van der Waals surface area contributed by atoms with Gasteiger partial charge >= 0.3 is 0 Å². The first-order valence-electron chi connectivity index (χ1n) is 7.41. The van der Waals surface area contributed by atoms with Crippen LogP contribution in [0.2, 0.25) is 10.0 Å². The van der Waals surface area contributed by atoms with Crippen LogP contribution in [0.4, 0.5) is 10.2 Å². The van der Waals surface area contributed by atoms with Gasteiger partial charge < -0.3 is 10.5 Å². The number of ether oxygens (including phenoxy) is 1. The van der Waals surface area contributed by atoms with Crippen LogP contribution in [0.15, 0.2) is 36.8 Å². The smallest absolute Gasteiger partial charge is 0.166 e. The highest BCUT2D eigenvalue weighted by Crippen LogP contribution is 2.36. The Bertz CT molecular complexity index is 929. The van der Waals surface area contributed by atoms with Gasteiger partial charge in [-0.2, -0.15) is 5.10 Å². The minimum atomic E-state index is -0.621. The SMILES string of the molecule is C[C@@H](Oc1cc(-c2cnn(C)c2)cnc1N)c1c(Cl)ccc(F)c1Cl. The van der Waals surface area contributed by atoms with Crippen molar-refractivity contribution < 1.29 is 9.13 Å². The number of hydrogen-bond acceptors (Lipinski definition) is 4. The van der Waals surface area contributed by atoms with E-state index in [1.165, 1.54) is 12.1 Å². The number of nitrogen functional groups attached to an aromatic ring is 1. The van der Waals surface area contributed by atoms with Crippen LogP contribution >= 0.6 is 23.2 Å². The van der Waals surface area contributed by atoms with Crippen molar-refractivity contribution >= 4 is 29.0 Å². The predicted octanol–water partition coefficient (Wildman–Crippen LogP) is 4.65. The van der Waals surface area contributed by atoms with Gasteiger partial charge in [0, 0.05) is 41.2 Å². The van der Waals surface area contributed by atoms with Crippen molar-refractivity contribution in [2.75, 3.05) is 5.73 Å². The quantitative estimate of drug-likeness (QED) is 0.668. The molecule has 130 valence electrons. The second-order valence-corrected chi connectivity index (χ2v) is 6.31. The predicted molar refractivity (Wildman–Crippen MR) is 96.3 cm³/mol. The lowest BCUT2D eigenvalue weighted by molar-refractivity contribution is 0.227. The Hall–Kier alpha value is -2.31. The van der Waals surface area contributed by atoms with Gasteiger partial charge in [0.05, 0.1) is 11.2 Å². The Balaban J connectivity index is 1.94. The summed E-state index contributed by atoms with van der Waals surface area (Å²) in [6.07, 6.45) is 4.57. The highest BCUT2D eigenvalue weighted by molar-refractivity contribution is 6.36. The Morgan fingerprint density at radius 2 is 2.00 bits per heavy atom. The summed E-state index contributed by atoms with van der Waals surface area (Å²) >= 11 is 12.2. The number of aromatic nitrogens is 3. The zero-order chi connectivity index (χ0) is 18.1. The summed E-state index contributed by atoms with van der Waals surface area (Å²) in [5.74, 6) is 0.000102. The van der Waals surface area contributed by atoms with E-state index in [0.717, 1.165) is 11.1 Å². The molecule has 0 aliphatic heterocycles. The molecule has 25 heavy (non-hydrogen) atoms. The van der Waals surface area contributed by atoms with Crippen LogP contribution in [0.3, 0.4) is 0 Å². The number of aryl methyl sites for hydroxylation is 1. The molecule has 2 aromatic heterocycles. The fourth-order valence-corrected chi connectivity index (χ4v) is 3.12. The Morgan fingerprint density at radius 3 is 2.68 bits per heavy atom.